The number of carbonyl (C=O) groups excluding carboxylic acids is 2. The average molecular weight is 399 g/mol. The smallest absolute Gasteiger partial charge is 0.348 e. The quantitative estimate of drug-likeness (QED) is 0.425. The zero-order valence-corrected chi connectivity index (χ0v) is 15.9. The molecule has 0 unspecified atom stereocenters. The maximum atomic E-state index is 12.4. The molecule has 0 bridgehead atoms. The molecule has 0 aromatic heterocycles. The van der Waals surface area contributed by atoms with Crippen molar-refractivity contribution in [2.24, 2.45) is 0 Å². The van der Waals surface area contributed by atoms with E-state index in [0.717, 1.165) is 18.4 Å². The van der Waals surface area contributed by atoms with Crippen LogP contribution in [0, 0.1) is 0 Å². The fraction of sp³-hybridized carbons (Fsp3) is 0.273. The van der Waals surface area contributed by atoms with Gasteiger partial charge in [0.15, 0.2) is 0 Å². The summed E-state index contributed by atoms with van der Waals surface area (Å²) in [7, 11) is 0. The Bertz CT molecular complexity index is 904. The first-order chi connectivity index (χ1) is 13.5. The highest BCUT2D eigenvalue weighted by Crippen LogP contribution is 2.38. The van der Waals surface area contributed by atoms with Crippen molar-refractivity contribution in [2.75, 3.05) is 0 Å². The molecule has 1 aliphatic carbocycles. The van der Waals surface area contributed by atoms with Crippen molar-refractivity contribution < 1.29 is 23.8 Å². The molecule has 2 aliphatic rings. The van der Waals surface area contributed by atoms with E-state index in [4.69, 9.17) is 25.8 Å². The van der Waals surface area contributed by atoms with Crippen LogP contribution in [0.3, 0.4) is 0 Å². The summed E-state index contributed by atoms with van der Waals surface area (Å²) in [5.74, 6) is -1.71. The zero-order valence-electron chi connectivity index (χ0n) is 15.2. The average Bonchev–Trinajstić information content (AvgIpc) is 3.12. The van der Waals surface area contributed by atoms with Crippen molar-refractivity contribution in [3.05, 3.63) is 70.3 Å². The molecule has 1 aliphatic heterocycles. The lowest BCUT2D eigenvalue weighted by molar-refractivity contribution is -0.232. The third-order valence-corrected chi connectivity index (χ3v) is 5.10. The number of esters is 2. The van der Waals surface area contributed by atoms with Gasteiger partial charge in [-0.25, -0.2) is 9.59 Å². The van der Waals surface area contributed by atoms with Crippen LogP contribution >= 0.6 is 11.6 Å². The molecule has 0 radical (unpaired) electrons. The van der Waals surface area contributed by atoms with Gasteiger partial charge in [-0.2, -0.15) is 0 Å². The summed E-state index contributed by atoms with van der Waals surface area (Å²) in [5, 5.41) is 0.669. The van der Waals surface area contributed by atoms with E-state index >= 15 is 0 Å². The summed E-state index contributed by atoms with van der Waals surface area (Å²) in [6.07, 6.45) is 4.36. The molecule has 5 nitrogen and oxygen atoms in total. The topological polar surface area (TPSA) is 61.8 Å². The summed E-state index contributed by atoms with van der Waals surface area (Å²) < 4.78 is 16.7. The Morgan fingerprint density at radius 2 is 1.68 bits per heavy atom. The SMILES string of the molecule is O=C1OC2(CCCC2)OC(=O)C1=Cc1cccc(OCc2ccc(Cl)cc2)c1. The van der Waals surface area contributed by atoms with Crippen molar-refractivity contribution in [2.45, 2.75) is 38.1 Å². The molecule has 4 rings (SSSR count). The lowest BCUT2D eigenvalue weighted by Gasteiger charge is -2.32. The third kappa shape index (κ3) is 4.04. The Balaban J connectivity index is 1.47. The van der Waals surface area contributed by atoms with Crippen molar-refractivity contribution in [1.29, 1.82) is 0 Å². The van der Waals surface area contributed by atoms with Gasteiger partial charge in [-0.3, -0.25) is 0 Å². The standard InChI is InChI=1S/C22H19ClO5/c23-17-8-6-15(7-9-17)14-26-18-5-3-4-16(12-18)13-19-20(24)27-22(28-21(19)25)10-1-2-11-22/h3-9,12-13H,1-2,10-11,14H2. The van der Waals surface area contributed by atoms with E-state index < -0.39 is 17.7 Å². The molecule has 0 N–H and O–H groups in total. The lowest BCUT2D eigenvalue weighted by Crippen LogP contribution is -2.44. The van der Waals surface area contributed by atoms with Gasteiger partial charge in [0, 0.05) is 17.9 Å². The molecule has 1 saturated heterocycles. The molecule has 2 aromatic rings. The van der Waals surface area contributed by atoms with Crippen LogP contribution in [-0.4, -0.2) is 17.7 Å². The zero-order chi connectivity index (χ0) is 19.6. The fourth-order valence-electron chi connectivity index (χ4n) is 3.40. The minimum absolute atomic E-state index is 0.104. The summed E-state index contributed by atoms with van der Waals surface area (Å²) in [4.78, 5) is 24.7. The molecular formula is C22H19ClO5. The molecule has 0 atom stereocenters. The Kier molecular flexibility index (Phi) is 5.09. The predicted octanol–water partition coefficient (Wildman–Crippen LogP) is 4.67. The summed E-state index contributed by atoms with van der Waals surface area (Å²) in [6.45, 7) is 0.379. The maximum absolute atomic E-state index is 12.4. The molecule has 2 fully saturated rings. The second kappa shape index (κ2) is 7.68. The van der Waals surface area contributed by atoms with Crippen LogP contribution in [0.15, 0.2) is 54.1 Å². The van der Waals surface area contributed by atoms with Gasteiger partial charge >= 0.3 is 11.9 Å². The highest BCUT2D eigenvalue weighted by molar-refractivity contribution is 6.30. The Morgan fingerprint density at radius 1 is 1.00 bits per heavy atom. The molecule has 0 amide bonds. The van der Waals surface area contributed by atoms with Gasteiger partial charge in [0.1, 0.15) is 17.9 Å². The largest absolute Gasteiger partial charge is 0.489 e. The Labute approximate surface area is 167 Å². The van der Waals surface area contributed by atoms with Gasteiger partial charge in [0.05, 0.1) is 0 Å². The summed E-state index contributed by atoms with van der Waals surface area (Å²) in [5.41, 5.74) is 1.53. The van der Waals surface area contributed by atoms with E-state index in [-0.39, 0.29) is 5.57 Å². The van der Waals surface area contributed by atoms with Gasteiger partial charge in [0.25, 0.3) is 5.79 Å². The maximum Gasteiger partial charge on any atom is 0.348 e. The highest BCUT2D eigenvalue weighted by Gasteiger charge is 2.47. The van der Waals surface area contributed by atoms with Crippen LogP contribution in [0.4, 0.5) is 0 Å². The van der Waals surface area contributed by atoms with Crippen LogP contribution in [0.25, 0.3) is 6.08 Å². The van der Waals surface area contributed by atoms with Crippen LogP contribution in [-0.2, 0) is 25.7 Å². The van der Waals surface area contributed by atoms with E-state index in [1.165, 1.54) is 6.08 Å². The Hall–Kier alpha value is -2.79. The molecule has 2 aromatic carbocycles. The second-order valence-corrected chi connectivity index (χ2v) is 7.38. The van der Waals surface area contributed by atoms with Gasteiger partial charge in [-0.05, 0) is 54.3 Å². The molecular weight excluding hydrogens is 380 g/mol. The first kappa shape index (κ1) is 18.6. The number of rotatable bonds is 4. The van der Waals surface area contributed by atoms with Crippen LogP contribution in [0.1, 0.15) is 36.8 Å². The number of hydrogen-bond acceptors (Lipinski definition) is 5. The number of hydrogen-bond donors (Lipinski definition) is 0. The molecule has 1 spiro atoms. The third-order valence-electron chi connectivity index (χ3n) is 4.85. The highest BCUT2D eigenvalue weighted by atomic mass is 35.5. The second-order valence-electron chi connectivity index (χ2n) is 6.94. The van der Waals surface area contributed by atoms with Crippen molar-refractivity contribution in [3.8, 4) is 5.75 Å². The number of benzene rings is 2. The predicted molar refractivity (Wildman–Crippen MR) is 104 cm³/mol. The van der Waals surface area contributed by atoms with Gasteiger partial charge in [0.2, 0.25) is 0 Å². The molecule has 6 heteroatoms. The van der Waals surface area contributed by atoms with E-state index in [2.05, 4.69) is 0 Å². The molecule has 1 heterocycles. The van der Waals surface area contributed by atoms with E-state index in [1.54, 1.807) is 30.3 Å². The number of ether oxygens (including phenoxy) is 3. The molecule has 1 saturated carbocycles. The van der Waals surface area contributed by atoms with Gasteiger partial charge < -0.3 is 14.2 Å². The van der Waals surface area contributed by atoms with Gasteiger partial charge in [-0.1, -0.05) is 35.9 Å². The Morgan fingerprint density at radius 3 is 2.36 bits per heavy atom. The number of carbonyl (C=O) groups is 2. The fourth-order valence-corrected chi connectivity index (χ4v) is 3.52. The summed E-state index contributed by atoms with van der Waals surface area (Å²) >= 11 is 5.88. The normalized spacial score (nSPS) is 18.0. The summed E-state index contributed by atoms with van der Waals surface area (Å²) in [6, 6.07) is 14.5. The van der Waals surface area contributed by atoms with E-state index in [0.29, 0.717) is 35.8 Å². The molecule has 28 heavy (non-hydrogen) atoms. The first-order valence-corrected chi connectivity index (χ1v) is 9.57. The first-order valence-electron chi connectivity index (χ1n) is 9.19. The minimum Gasteiger partial charge on any atom is -0.489 e. The van der Waals surface area contributed by atoms with Crippen LogP contribution < -0.4 is 4.74 Å². The monoisotopic (exact) mass is 398 g/mol. The van der Waals surface area contributed by atoms with Crippen LogP contribution in [0.5, 0.6) is 5.75 Å². The van der Waals surface area contributed by atoms with E-state index in [9.17, 15) is 9.59 Å². The van der Waals surface area contributed by atoms with Crippen molar-refractivity contribution in [1.82, 2.24) is 0 Å². The molecule has 144 valence electrons. The van der Waals surface area contributed by atoms with Crippen LogP contribution in [0.2, 0.25) is 5.02 Å². The van der Waals surface area contributed by atoms with E-state index in [1.807, 2.05) is 18.2 Å². The van der Waals surface area contributed by atoms with Gasteiger partial charge in [-0.15, -0.1) is 0 Å². The van der Waals surface area contributed by atoms with Crippen molar-refractivity contribution in [3.63, 3.8) is 0 Å². The lowest BCUT2D eigenvalue weighted by atomic mass is 10.1. The van der Waals surface area contributed by atoms with Crippen molar-refractivity contribution >= 4 is 29.6 Å². The number of halogens is 1. The minimum atomic E-state index is -1.06.